The molecule has 6 heteroatoms. The Bertz CT molecular complexity index is 406. The van der Waals surface area contributed by atoms with E-state index in [0.717, 1.165) is 0 Å². The number of anilines is 1. The van der Waals surface area contributed by atoms with Crippen LogP contribution in [0.4, 0.5) is 5.69 Å². The molecule has 0 aromatic heterocycles. The van der Waals surface area contributed by atoms with Gasteiger partial charge in [0, 0.05) is 4.47 Å². The number of aromatic carboxylic acids is 1. The number of nitrogens with two attached hydrogens (primary N) is 1. The molecule has 1 aromatic carbocycles. The highest BCUT2D eigenvalue weighted by Crippen LogP contribution is 2.23. The summed E-state index contributed by atoms with van der Waals surface area (Å²) >= 11 is 3.15. The van der Waals surface area contributed by atoms with Gasteiger partial charge in [-0.05, 0) is 34.1 Å². The first-order valence-corrected chi connectivity index (χ1v) is 4.86. The summed E-state index contributed by atoms with van der Waals surface area (Å²) in [6.45, 7) is -0.118. The predicted octanol–water partition coefficient (Wildman–Crippen LogP) is 1.04. The molecule has 0 bridgehead atoms. The van der Waals surface area contributed by atoms with Crippen LogP contribution in [0.1, 0.15) is 10.4 Å². The average molecular weight is 273 g/mol. The van der Waals surface area contributed by atoms with Crippen molar-refractivity contribution in [3.63, 3.8) is 0 Å². The Morgan fingerprint density at radius 2 is 2.13 bits per heavy atom. The number of halogens is 1. The molecule has 1 aromatic rings. The summed E-state index contributed by atoms with van der Waals surface area (Å²) in [6.07, 6.45) is 0. The molecule has 0 spiro atoms. The lowest BCUT2D eigenvalue weighted by atomic mass is 10.2. The van der Waals surface area contributed by atoms with Crippen LogP contribution in [0, 0.1) is 0 Å². The fourth-order valence-corrected chi connectivity index (χ4v) is 1.43. The molecule has 0 aliphatic heterocycles. The van der Waals surface area contributed by atoms with Gasteiger partial charge >= 0.3 is 5.97 Å². The Labute approximate surface area is 94.4 Å². The van der Waals surface area contributed by atoms with Crippen LogP contribution in [-0.2, 0) is 4.79 Å². The molecular weight excluding hydrogens is 264 g/mol. The van der Waals surface area contributed by atoms with Gasteiger partial charge in [0.15, 0.2) is 0 Å². The lowest BCUT2D eigenvalue weighted by Gasteiger charge is -2.06. The lowest BCUT2D eigenvalue weighted by Crippen LogP contribution is -2.22. The third-order valence-corrected chi connectivity index (χ3v) is 2.33. The van der Waals surface area contributed by atoms with Crippen LogP contribution in [0.3, 0.4) is 0 Å². The molecule has 0 aliphatic rings. The van der Waals surface area contributed by atoms with Gasteiger partial charge in [-0.1, -0.05) is 0 Å². The quantitative estimate of drug-likeness (QED) is 0.767. The van der Waals surface area contributed by atoms with E-state index in [9.17, 15) is 9.59 Å². The second-order valence-corrected chi connectivity index (χ2v) is 3.61. The summed E-state index contributed by atoms with van der Waals surface area (Å²) < 4.78 is 0.504. The summed E-state index contributed by atoms with van der Waals surface area (Å²) in [5.41, 5.74) is 5.77. The van der Waals surface area contributed by atoms with E-state index in [1.165, 1.54) is 18.2 Å². The number of hydrogen-bond donors (Lipinski definition) is 3. The second-order valence-electron chi connectivity index (χ2n) is 2.75. The number of carboxylic acids is 1. The van der Waals surface area contributed by atoms with Crippen LogP contribution in [0.5, 0.6) is 0 Å². The Morgan fingerprint density at radius 3 is 2.60 bits per heavy atom. The first-order chi connectivity index (χ1) is 7.04. The molecule has 0 atom stereocenters. The van der Waals surface area contributed by atoms with Gasteiger partial charge in [0.05, 0.1) is 17.8 Å². The van der Waals surface area contributed by atoms with E-state index in [1.54, 1.807) is 0 Å². The molecular formula is C9H9BrN2O3. The monoisotopic (exact) mass is 272 g/mol. The number of carbonyl (C=O) groups excluding carboxylic acids is 1. The highest BCUT2D eigenvalue weighted by atomic mass is 79.9. The lowest BCUT2D eigenvalue weighted by molar-refractivity contribution is -0.114. The maximum absolute atomic E-state index is 11.0. The fraction of sp³-hybridized carbons (Fsp3) is 0.111. The topological polar surface area (TPSA) is 92.4 Å². The molecule has 0 radical (unpaired) electrons. The second kappa shape index (κ2) is 4.90. The van der Waals surface area contributed by atoms with Gasteiger partial charge in [0.1, 0.15) is 0 Å². The molecule has 0 saturated carbocycles. The number of amides is 1. The predicted molar refractivity (Wildman–Crippen MR) is 58.8 cm³/mol. The summed E-state index contributed by atoms with van der Waals surface area (Å²) in [5.74, 6) is -1.36. The van der Waals surface area contributed by atoms with Crippen molar-refractivity contribution in [1.82, 2.24) is 0 Å². The van der Waals surface area contributed by atoms with Crippen LogP contribution < -0.4 is 11.1 Å². The van der Waals surface area contributed by atoms with E-state index in [0.29, 0.717) is 10.2 Å². The van der Waals surface area contributed by atoms with E-state index in [2.05, 4.69) is 21.2 Å². The number of nitrogens with one attached hydrogen (secondary N) is 1. The molecule has 0 saturated heterocycles. The van der Waals surface area contributed by atoms with Crippen molar-refractivity contribution < 1.29 is 14.7 Å². The van der Waals surface area contributed by atoms with E-state index in [4.69, 9.17) is 10.8 Å². The van der Waals surface area contributed by atoms with Gasteiger partial charge in [-0.25, -0.2) is 4.79 Å². The van der Waals surface area contributed by atoms with E-state index < -0.39 is 5.97 Å². The first-order valence-electron chi connectivity index (χ1n) is 4.07. The molecule has 15 heavy (non-hydrogen) atoms. The smallest absolute Gasteiger partial charge is 0.335 e. The molecule has 1 amide bonds. The van der Waals surface area contributed by atoms with E-state index >= 15 is 0 Å². The number of carbonyl (C=O) groups is 2. The summed E-state index contributed by atoms with van der Waals surface area (Å²) in [6, 6.07) is 4.31. The normalized spacial score (nSPS) is 9.73. The average Bonchev–Trinajstić information content (AvgIpc) is 2.20. The van der Waals surface area contributed by atoms with Gasteiger partial charge in [-0.15, -0.1) is 0 Å². The van der Waals surface area contributed by atoms with Crippen LogP contribution in [0.25, 0.3) is 0 Å². The molecule has 0 fully saturated rings. The maximum Gasteiger partial charge on any atom is 0.335 e. The molecule has 80 valence electrons. The third-order valence-electron chi connectivity index (χ3n) is 1.68. The minimum atomic E-state index is -1.02. The van der Waals surface area contributed by atoms with Crippen molar-refractivity contribution in [3.8, 4) is 0 Å². The van der Waals surface area contributed by atoms with Crippen molar-refractivity contribution >= 4 is 33.5 Å². The zero-order valence-corrected chi connectivity index (χ0v) is 9.24. The van der Waals surface area contributed by atoms with Crippen molar-refractivity contribution in [2.24, 2.45) is 5.73 Å². The Morgan fingerprint density at radius 1 is 1.47 bits per heavy atom. The van der Waals surface area contributed by atoms with Crippen LogP contribution in [0.15, 0.2) is 22.7 Å². The van der Waals surface area contributed by atoms with Gasteiger partial charge < -0.3 is 16.2 Å². The largest absolute Gasteiger partial charge is 0.478 e. The molecule has 0 aliphatic carbocycles. The summed E-state index contributed by atoms with van der Waals surface area (Å²) in [5, 5.41) is 11.2. The number of carboxylic acid groups (broad SMARTS) is 1. The molecule has 1 rings (SSSR count). The summed E-state index contributed by atoms with van der Waals surface area (Å²) in [7, 11) is 0. The molecule has 0 unspecified atom stereocenters. The number of benzene rings is 1. The van der Waals surface area contributed by atoms with Gasteiger partial charge in [0.25, 0.3) is 0 Å². The number of rotatable bonds is 3. The highest BCUT2D eigenvalue weighted by Gasteiger charge is 2.08. The zero-order valence-electron chi connectivity index (χ0n) is 7.66. The Hall–Kier alpha value is -1.40. The van der Waals surface area contributed by atoms with Crippen LogP contribution in [-0.4, -0.2) is 23.5 Å². The van der Waals surface area contributed by atoms with Crippen LogP contribution >= 0.6 is 15.9 Å². The third kappa shape index (κ3) is 3.03. The van der Waals surface area contributed by atoms with Gasteiger partial charge in [-0.2, -0.15) is 0 Å². The minimum absolute atomic E-state index is 0.118. The molecule has 0 heterocycles. The zero-order chi connectivity index (χ0) is 11.4. The van der Waals surface area contributed by atoms with Crippen molar-refractivity contribution in [2.45, 2.75) is 0 Å². The van der Waals surface area contributed by atoms with Gasteiger partial charge in [-0.3, -0.25) is 4.79 Å². The minimum Gasteiger partial charge on any atom is -0.478 e. The molecule has 4 N–H and O–H groups in total. The fourth-order valence-electron chi connectivity index (χ4n) is 0.951. The Balaban J connectivity index is 2.93. The Kier molecular flexibility index (Phi) is 3.81. The highest BCUT2D eigenvalue weighted by molar-refractivity contribution is 9.10. The summed E-state index contributed by atoms with van der Waals surface area (Å²) in [4.78, 5) is 21.6. The maximum atomic E-state index is 11.0. The van der Waals surface area contributed by atoms with Crippen molar-refractivity contribution in [1.29, 1.82) is 0 Å². The van der Waals surface area contributed by atoms with E-state index in [1.807, 2.05) is 0 Å². The molecule has 5 nitrogen and oxygen atoms in total. The number of hydrogen-bond acceptors (Lipinski definition) is 3. The van der Waals surface area contributed by atoms with Crippen LogP contribution in [0.2, 0.25) is 0 Å². The van der Waals surface area contributed by atoms with Gasteiger partial charge in [0.2, 0.25) is 5.91 Å². The van der Waals surface area contributed by atoms with Crippen molar-refractivity contribution in [3.05, 3.63) is 28.2 Å². The SMILES string of the molecule is NCC(=O)Nc1ccc(C(=O)O)cc1Br. The van der Waals surface area contributed by atoms with Crippen molar-refractivity contribution in [2.75, 3.05) is 11.9 Å². The first kappa shape index (κ1) is 11.7. The van der Waals surface area contributed by atoms with E-state index in [-0.39, 0.29) is 18.0 Å². The standard InChI is InChI=1S/C9H9BrN2O3/c10-6-3-5(9(14)15)1-2-7(6)12-8(13)4-11/h1-3H,4,11H2,(H,12,13)(H,14,15).